The van der Waals surface area contributed by atoms with E-state index in [2.05, 4.69) is 20.7 Å². The molecule has 0 saturated carbocycles. The first-order valence-corrected chi connectivity index (χ1v) is 7.34. The van der Waals surface area contributed by atoms with E-state index in [1.54, 1.807) is 19.1 Å². The van der Waals surface area contributed by atoms with Gasteiger partial charge in [0.1, 0.15) is 11.6 Å². The molecule has 0 spiro atoms. The van der Waals surface area contributed by atoms with Crippen molar-refractivity contribution >= 4 is 18.3 Å². The van der Waals surface area contributed by atoms with Crippen LogP contribution in [0, 0.1) is 12.7 Å². The predicted octanol–water partition coefficient (Wildman–Crippen LogP) is 1.62. The second-order valence-corrected chi connectivity index (χ2v) is 5.39. The number of aromatic nitrogens is 3. The Bertz CT molecular complexity index is 667. The number of nitrogens with one attached hydrogen (secondary N) is 2. The highest BCUT2D eigenvalue weighted by molar-refractivity contribution is 5.90. The predicted molar refractivity (Wildman–Crippen MR) is 86.7 cm³/mol. The Labute approximate surface area is 139 Å². The molecule has 1 aromatic heterocycles. The van der Waals surface area contributed by atoms with Gasteiger partial charge in [0, 0.05) is 12.6 Å². The monoisotopic (exact) mass is 339 g/mol. The number of hydrogen-bond acceptors (Lipinski definition) is 4. The minimum Gasteiger partial charge on any atom is -0.345 e. The molecule has 1 aliphatic heterocycles. The van der Waals surface area contributed by atoms with Crippen molar-refractivity contribution in [2.75, 3.05) is 13.1 Å². The summed E-state index contributed by atoms with van der Waals surface area (Å²) < 4.78 is 14.5. The van der Waals surface area contributed by atoms with E-state index in [-0.39, 0.29) is 36.0 Å². The molecule has 2 aromatic rings. The molecule has 2 heterocycles. The van der Waals surface area contributed by atoms with Crippen molar-refractivity contribution in [3.63, 3.8) is 0 Å². The molecule has 0 unspecified atom stereocenters. The largest absolute Gasteiger partial charge is 0.345 e. The van der Waals surface area contributed by atoms with Crippen molar-refractivity contribution in [1.29, 1.82) is 0 Å². The van der Waals surface area contributed by atoms with Crippen LogP contribution in [0.3, 0.4) is 0 Å². The average molecular weight is 340 g/mol. The van der Waals surface area contributed by atoms with Crippen LogP contribution in [-0.2, 0) is 0 Å². The van der Waals surface area contributed by atoms with Crippen molar-refractivity contribution < 1.29 is 9.18 Å². The summed E-state index contributed by atoms with van der Waals surface area (Å²) in [5.41, 5.74) is 0.671. The van der Waals surface area contributed by atoms with Gasteiger partial charge in [0.05, 0.1) is 5.69 Å². The zero-order chi connectivity index (χ0) is 15.5. The van der Waals surface area contributed by atoms with Crippen LogP contribution in [0.15, 0.2) is 24.3 Å². The number of rotatable bonds is 3. The third-order valence-electron chi connectivity index (χ3n) is 3.68. The van der Waals surface area contributed by atoms with Crippen LogP contribution in [0.4, 0.5) is 4.39 Å². The van der Waals surface area contributed by atoms with Crippen molar-refractivity contribution in [2.45, 2.75) is 25.8 Å². The van der Waals surface area contributed by atoms with Gasteiger partial charge >= 0.3 is 0 Å². The van der Waals surface area contributed by atoms with Crippen LogP contribution in [0.5, 0.6) is 0 Å². The highest BCUT2D eigenvalue weighted by Crippen LogP contribution is 2.11. The highest BCUT2D eigenvalue weighted by Gasteiger charge is 2.20. The van der Waals surface area contributed by atoms with Crippen molar-refractivity contribution in [1.82, 2.24) is 25.4 Å². The summed E-state index contributed by atoms with van der Waals surface area (Å²) in [7, 11) is 0. The van der Waals surface area contributed by atoms with Crippen LogP contribution in [0.1, 0.15) is 29.3 Å². The van der Waals surface area contributed by atoms with Gasteiger partial charge < -0.3 is 10.6 Å². The minimum atomic E-state index is -0.315. The summed E-state index contributed by atoms with van der Waals surface area (Å²) in [5.74, 6) is 0.118. The molecule has 2 N–H and O–H groups in total. The molecule has 1 aromatic carbocycles. The van der Waals surface area contributed by atoms with E-state index in [1.807, 2.05) is 0 Å². The number of carbonyl (C=O) groups is 1. The SMILES string of the molecule is Cc1nc(C(=O)N[C@H]2CCCNC2)nn1-c1ccc(F)cc1.Cl. The molecule has 1 amide bonds. The number of nitrogens with zero attached hydrogens (tertiary/aromatic N) is 3. The second kappa shape index (κ2) is 7.52. The molecule has 23 heavy (non-hydrogen) atoms. The number of aryl methyl sites for hydroxylation is 1. The number of halogens is 2. The fourth-order valence-corrected chi connectivity index (χ4v) is 2.54. The molecule has 1 saturated heterocycles. The molecule has 0 aliphatic carbocycles. The zero-order valence-electron chi connectivity index (χ0n) is 12.8. The Hall–Kier alpha value is -1.99. The maximum atomic E-state index is 13.0. The van der Waals surface area contributed by atoms with E-state index in [0.717, 1.165) is 25.9 Å². The molecule has 6 nitrogen and oxygen atoms in total. The maximum absolute atomic E-state index is 13.0. The standard InChI is InChI=1S/C15H18FN5O.ClH/c1-10-18-14(15(22)19-12-3-2-8-17-9-12)20-21(10)13-6-4-11(16)5-7-13;/h4-7,12,17H,2-3,8-9H2,1H3,(H,19,22);1H/t12-;/m0./s1. The summed E-state index contributed by atoms with van der Waals surface area (Å²) in [6.07, 6.45) is 2.00. The quantitative estimate of drug-likeness (QED) is 0.891. The topological polar surface area (TPSA) is 71.8 Å². The number of carbonyl (C=O) groups excluding carboxylic acids is 1. The Morgan fingerprint density at radius 2 is 2.13 bits per heavy atom. The normalized spacial score (nSPS) is 17.4. The van der Waals surface area contributed by atoms with Gasteiger partial charge in [-0.15, -0.1) is 17.5 Å². The summed E-state index contributed by atoms with van der Waals surface area (Å²) in [5, 5.41) is 10.4. The van der Waals surface area contributed by atoms with Gasteiger partial charge in [0.25, 0.3) is 5.91 Å². The third-order valence-corrected chi connectivity index (χ3v) is 3.68. The number of amides is 1. The van der Waals surface area contributed by atoms with Gasteiger partial charge in [-0.25, -0.2) is 14.1 Å². The van der Waals surface area contributed by atoms with Gasteiger partial charge in [-0.2, -0.15) is 0 Å². The molecule has 124 valence electrons. The fourth-order valence-electron chi connectivity index (χ4n) is 2.54. The molecule has 0 radical (unpaired) electrons. The molecular weight excluding hydrogens is 321 g/mol. The lowest BCUT2D eigenvalue weighted by Gasteiger charge is -2.23. The maximum Gasteiger partial charge on any atom is 0.291 e. The summed E-state index contributed by atoms with van der Waals surface area (Å²) >= 11 is 0. The molecular formula is C15H19ClFN5O. The Kier molecular flexibility index (Phi) is 5.68. The number of benzene rings is 1. The summed E-state index contributed by atoms with van der Waals surface area (Å²) in [6.45, 7) is 3.52. The van der Waals surface area contributed by atoms with E-state index >= 15 is 0 Å². The van der Waals surface area contributed by atoms with Crippen LogP contribution in [-0.4, -0.2) is 39.8 Å². The van der Waals surface area contributed by atoms with Crippen LogP contribution >= 0.6 is 12.4 Å². The second-order valence-electron chi connectivity index (χ2n) is 5.39. The average Bonchev–Trinajstić information content (AvgIpc) is 2.91. The van der Waals surface area contributed by atoms with Gasteiger partial charge in [-0.05, 0) is 50.6 Å². The zero-order valence-corrected chi connectivity index (χ0v) is 13.6. The van der Waals surface area contributed by atoms with Gasteiger partial charge in [0.2, 0.25) is 5.82 Å². The van der Waals surface area contributed by atoms with Crippen LogP contribution in [0.2, 0.25) is 0 Å². The van der Waals surface area contributed by atoms with Crippen LogP contribution < -0.4 is 10.6 Å². The van der Waals surface area contributed by atoms with Crippen molar-refractivity contribution in [3.05, 3.63) is 41.7 Å². The van der Waals surface area contributed by atoms with Crippen LogP contribution in [0.25, 0.3) is 5.69 Å². The van der Waals surface area contributed by atoms with Crippen molar-refractivity contribution in [2.24, 2.45) is 0 Å². The lowest BCUT2D eigenvalue weighted by Crippen LogP contribution is -2.45. The first-order chi connectivity index (χ1) is 10.6. The summed E-state index contributed by atoms with van der Waals surface area (Å²) in [6, 6.07) is 6.01. The first kappa shape index (κ1) is 17.4. The Morgan fingerprint density at radius 3 is 2.78 bits per heavy atom. The third kappa shape index (κ3) is 4.05. The highest BCUT2D eigenvalue weighted by atomic mass is 35.5. The van der Waals surface area contributed by atoms with E-state index in [1.165, 1.54) is 16.8 Å². The minimum absolute atomic E-state index is 0. The van der Waals surface area contributed by atoms with E-state index in [0.29, 0.717) is 11.5 Å². The van der Waals surface area contributed by atoms with Gasteiger partial charge in [0.15, 0.2) is 0 Å². The van der Waals surface area contributed by atoms with E-state index in [4.69, 9.17) is 0 Å². The number of hydrogen-bond donors (Lipinski definition) is 2. The fraction of sp³-hybridized carbons (Fsp3) is 0.400. The smallest absolute Gasteiger partial charge is 0.291 e. The Balaban J connectivity index is 0.00000192. The number of piperidine rings is 1. The molecule has 0 bridgehead atoms. The lowest BCUT2D eigenvalue weighted by molar-refractivity contribution is 0.0920. The summed E-state index contributed by atoms with van der Waals surface area (Å²) in [4.78, 5) is 16.4. The molecule has 3 rings (SSSR count). The lowest BCUT2D eigenvalue weighted by atomic mass is 10.1. The first-order valence-electron chi connectivity index (χ1n) is 7.34. The van der Waals surface area contributed by atoms with E-state index < -0.39 is 0 Å². The molecule has 1 fully saturated rings. The van der Waals surface area contributed by atoms with E-state index in [9.17, 15) is 9.18 Å². The molecule has 1 atom stereocenters. The van der Waals surface area contributed by atoms with Gasteiger partial charge in [-0.3, -0.25) is 4.79 Å². The molecule has 8 heteroatoms. The van der Waals surface area contributed by atoms with Crippen molar-refractivity contribution in [3.8, 4) is 5.69 Å². The molecule has 1 aliphatic rings. The Morgan fingerprint density at radius 1 is 1.39 bits per heavy atom. The van der Waals surface area contributed by atoms with Gasteiger partial charge in [-0.1, -0.05) is 0 Å².